The molecule has 0 saturated carbocycles. The highest BCUT2D eigenvalue weighted by atomic mass is 32.1. The molecule has 2 rings (SSSR count). The van der Waals surface area contributed by atoms with E-state index in [-0.39, 0.29) is 0 Å². The van der Waals surface area contributed by atoms with Crippen LogP contribution in [0.3, 0.4) is 0 Å². The molecule has 0 amide bonds. The molecule has 5 nitrogen and oxygen atoms in total. The molecule has 19 heavy (non-hydrogen) atoms. The minimum absolute atomic E-state index is 0.608. The number of thiol groups is 1. The van der Waals surface area contributed by atoms with Gasteiger partial charge in [-0.1, -0.05) is 6.07 Å². The van der Waals surface area contributed by atoms with Crippen molar-refractivity contribution in [2.24, 2.45) is 0 Å². The normalized spacial score (nSPS) is 10.8. The molecule has 0 saturated heterocycles. The van der Waals surface area contributed by atoms with Crippen LogP contribution in [-0.4, -0.2) is 27.7 Å². The highest BCUT2D eigenvalue weighted by molar-refractivity contribution is 7.80. The molecule has 0 unspecified atom stereocenters. The van der Waals surface area contributed by atoms with Gasteiger partial charge >= 0.3 is 5.97 Å². The molecule has 0 aliphatic rings. The van der Waals surface area contributed by atoms with Crippen molar-refractivity contribution < 1.29 is 14.6 Å². The van der Waals surface area contributed by atoms with Gasteiger partial charge in [0.1, 0.15) is 17.1 Å². The standard InChI is InChI=1S/C13H12N2O3S/c1-18-11-6-9(3-5-13(16)17)2-4-10(11)15-7-12(19)14-8-15/h2-8,19H,1H3,(H,16,17)/b5-3+. The van der Waals surface area contributed by atoms with E-state index in [0.717, 1.165) is 17.3 Å². The van der Waals surface area contributed by atoms with Gasteiger partial charge in [-0.2, -0.15) is 0 Å². The third-order valence-corrected chi connectivity index (χ3v) is 2.70. The molecule has 0 aliphatic carbocycles. The van der Waals surface area contributed by atoms with E-state index in [2.05, 4.69) is 17.6 Å². The highest BCUT2D eigenvalue weighted by Crippen LogP contribution is 2.25. The summed E-state index contributed by atoms with van der Waals surface area (Å²) in [6.45, 7) is 0. The molecule has 0 fully saturated rings. The summed E-state index contributed by atoms with van der Waals surface area (Å²) in [6.07, 6.45) is 5.98. The van der Waals surface area contributed by atoms with Crippen LogP contribution in [-0.2, 0) is 4.79 Å². The number of aliphatic carboxylic acids is 1. The quantitative estimate of drug-likeness (QED) is 0.664. The molecular weight excluding hydrogens is 264 g/mol. The molecule has 2 aromatic rings. The fourth-order valence-corrected chi connectivity index (χ4v) is 1.80. The van der Waals surface area contributed by atoms with E-state index in [9.17, 15) is 4.79 Å². The van der Waals surface area contributed by atoms with Crippen molar-refractivity contribution in [3.63, 3.8) is 0 Å². The third-order valence-electron chi connectivity index (χ3n) is 2.47. The van der Waals surface area contributed by atoms with Gasteiger partial charge in [0, 0.05) is 12.3 Å². The number of carboxylic acids is 1. The van der Waals surface area contributed by atoms with Crippen LogP contribution in [0.1, 0.15) is 5.56 Å². The lowest BCUT2D eigenvalue weighted by atomic mass is 10.1. The van der Waals surface area contributed by atoms with E-state index >= 15 is 0 Å². The van der Waals surface area contributed by atoms with Crippen LogP contribution >= 0.6 is 12.6 Å². The van der Waals surface area contributed by atoms with Crippen molar-refractivity contribution in [3.8, 4) is 11.4 Å². The molecule has 0 aliphatic heterocycles. The van der Waals surface area contributed by atoms with Gasteiger partial charge in [0.2, 0.25) is 0 Å². The Hall–Kier alpha value is -2.21. The van der Waals surface area contributed by atoms with Gasteiger partial charge in [-0.3, -0.25) is 0 Å². The second-order valence-corrected chi connectivity index (χ2v) is 4.20. The smallest absolute Gasteiger partial charge is 0.328 e. The molecule has 0 atom stereocenters. The molecule has 98 valence electrons. The van der Waals surface area contributed by atoms with Gasteiger partial charge in [0.05, 0.1) is 12.8 Å². The van der Waals surface area contributed by atoms with Crippen molar-refractivity contribution in [2.75, 3.05) is 7.11 Å². The Morgan fingerprint density at radius 2 is 2.32 bits per heavy atom. The van der Waals surface area contributed by atoms with Crippen LogP contribution in [0.5, 0.6) is 5.75 Å². The van der Waals surface area contributed by atoms with E-state index in [1.165, 1.54) is 6.08 Å². The summed E-state index contributed by atoms with van der Waals surface area (Å²) in [5, 5.41) is 9.21. The van der Waals surface area contributed by atoms with E-state index in [4.69, 9.17) is 9.84 Å². The van der Waals surface area contributed by atoms with E-state index < -0.39 is 5.97 Å². The number of methoxy groups -OCH3 is 1. The fraction of sp³-hybridized carbons (Fsp3) is 0.0769. The van der Waals surface area contributed by atoms with Gasteiger partial charge in [-0.15, -0.1) is 12.6 Å². The minimum Gasteiger partial charge on any atom is -0.495 e. The number of imidazole rings is 1. The lowest BCUT2D eigenvalue weighted by Gasteiger charge is -2.09. The maximum absolute atomic E-state index is 10.5. The molecule has 6 heteroatoms. The fourth-order valence-electron chi connectivity index (χ4n) is 1.62. The van der Waals surface area contributed by atoms with Crippen LogP contribution in [0.15, 0.2) is 41.8 Å². The van der Waals surface area contributed by atoms with E-state index in [1.54, 1.807) is 36.3 Å². The number of hydrogen-bond donors (Lipinski definition) is 2. The maximum atomic E-state index is 10.5. The first kappa shape index (κ1) is 13.2. The number of hydrogen-bond acceptors (Lipinski definition) is 4. The van der Waals surface area contributed by atoms with Crippen molar-refractivity contribution in [3.05, 3.63) is 42.4 Å². The summed E-state index contributed by atoms with van der Waals surface area (Å²) < 4.78 is 7.09. The Bertz CT molecular complexity index is 635. The second kappa shape index (κ2) is 5.62. The summed E-state index contributed by atoms with van der Waals surface area (Å²) in [5.41, 5.74) is 1.55. The Balaban J connectivity index is 2.39. The molecule has 0 bridgehead atoms. The number of carboxylic acid groups (broad SMARTS) is 1. The van der Waals surface area contributed by atoms with Gasteiger partial charge in [-0.05, 0) is 23.8 Å². The van der Waals surface area contributed by atoms with Crippen LogP contribution in [0.2, 0.25) is 0 Å². The van der Waals surface area contributed by atoms with Crippen molar-refractivity contribution in [2.45, 2.75) is 5.03 Å². The second-order valence-electron chi connectivity index (χ2n) is 3.74. The molecule has 1 N–H and O–H groups in total. The zero-order chi connectivity index (χ0) is 13.8. The van der Waals surface area contributed by atoms with Gasteiger partial charge in [0.25, 0.3) is 0 Å². The monoisotopic (exact) mass is 276 g/mol. The van der Waals surface area contributed by atoms with Gasteiger partial charge in [-0.25, -0.2) is 9.78 Å². The van der Waals surface area contributed by atoms with Crippen molar-refractivity contribution in [1.82, 2.24) is 9.55 Å². The summed E-state index contributed by atoms with van der Waals surface area (Å²) in [6, 6.07) is 5.39. The first-order valence-electron chi connectivity index (χ1n) is 5.42. The molecule has 0 spiro atoms. The summed E-state index contributed by atoms with van der Waals surface area (Å²) in [5.74, 6) is -0.365. The summed E-state index contributed by atoms with van der Waals surface area (Å²) >= 11 is 4.15. The number of benzene rings is 1. The number of carbonyl (C=O) groups is 1. The Morgan fingerprint density at radius 3 is 2.89 bits per heavy atom. The Labute approximate surface area is 115 Å². The summed E-state index contributed by atoms with van der Waals surface area (Å²) in [4.78, 5) is 14.5. The van der Waals surface area contributed by atoms with Crippen molar-refractivity contribution >= 4 is 24.7 Å². The molecule has 1 aromatic carbocycles. The molecular formula is C13H12N2O3S. The number of rotatable bonds is 4. The van der Waals surface area contributed by atoms with E-state index in [1.807, 2.05) is 6.07 Å². The predicted molar refractivity (Wildman–Crippen MR) is 74.0 cm³/mol. The average Bonchev–Trinajstić information content (AvgIpc) is 2.82. The van der Waals surface area contributed by atoms with Crippen LogP contribution in [0.4, 0.5) is 0 Å². The number of nitrogens with zero attached hydrogens (tertiary/aromatic N) is 2. The van der Waals surface area contributed by atoms with Gasteiger partial charge < -0.3 is 14.4 Å². The Kier molecular flexibility index (Phi) is 3.91. The van der Waals surface area contributed by atoms with Gasteiger partial charge in [0.15, 0.2) is 0 Å². The van der Waals surface area contributed by atoms with Crippen molar-refractivity contribution in [1.29, 1.82) is 0 Å². The Morgan fingerprint density at radius 1 is 1.53 bits per heavy atom. The topological polar surface area (TPSA) is 64.3 Å². The first-order valence-corrected chi connectivity index (χ1v) is 5.87. The van der Waals surface area contributed by atoms with Crippen LogP contribution < -0.4 is 4.74 Å². The molecule has 1 aromatic heterocycles. The first-order chi connectivity index (χ1) is 9.10. The SMILES string of the molecule is COc1cc(/C=C/C(=O)O)ccc1-n1cnc(S)c1. The number of aromatic nitrogens is 2. The lowest BCUT2D eigenvalue weighted by Crippen LogP contribution is -1.96. The predicted octanol–water partition coefficient (Wildman–Crippen LogP) is 2.27. The zero-order valence-electron chi connectivity index (χ0n) is 10.1. The maximum Gasteiger partial charge on any atom is 0.328 e. The largest absolute Gasteiger partial charge is 0.495 e. The average molecular weight is 276 g/mol. The molecule has 1 heterocycles. The van der Waals surface area contributed by atoms with E-state index in [0.29, 0.717) is 10.8 Å². The molecule has 0 radical (unpaired) electrons. The lowest BCUT2D eigenvalue weighted by molar-refractivity contribution is -0.131. The highest BCUT2D eigenvalue weighted by Gasteiger charge is 2.06. The van der Waals surface area contributed by atoms with Crippen LogP contribution in [0, 0.1) is 0 Å². The zero-order valence-corrected chi connectivity index (χ0v) is 11.0. The van der Waals surface area contributed by atoms with Crippen LogP contribution in [0.25, 0.3) is 11.8 Å². The third kappa shape index (κ3) is 3.17. The number of ether oxygens (including phenoxy) is 1. The summed E-state index contributed by atoms with van der Waals surface area (Å²) in [7, 11) is 1.56. The minimum atomic E-state index is -0.989.